The summed E-state index contributed by atoms with van der Waals surface area (Å²) < 4.78 is 31.5. The number of rotatable bonds is 1. The first-order valence-electron chi connectivity index (χ1n) is 6.90. The number of nitrogens with zero attached hydrogens (tertiary/aromatic N) is 1. The molecule has 0 bridgehead atoms. The molecular weight excluding hydrogens is 335 g/mol. The van der Waals surface area contributed by atoms with Gasteiger partial charge in [-0.1, -0.05) is 0 Å². The molecule has 2 aliphatic heterocycles. The standard InChI is InChI=1S/C11H15N3OS.C2HF3O2/c15-11-13-10-7-16-6-8(10)5-14(11)9-1-3-12-4-2-9;3-2(4,5)1(6)7/h6-7,9,12H,1-5H2,(H,13,15);(H,6,7)/p-1. The van der Waals surface area contributed by atoms with Crippen molar-refractivity contribution in [3.05, 3.63) is 16.3 Å². The molecule has 0 saturated carbocycles. The number of hydrogen-bond acceptors (Lipinski definition) is 5. The van der Waals surface area contributed by atoms with Gasteiger partial charge in [0.15, 0.2) is 0 Å². The third-order valence-electron chi connectivity index (χ3n) is 3.57. The van der Waals surface area contributed by atoms with Crippen molar-refractivity contribution in [1.29, 1.82) is 0 Å². The molecule has 1 fully saturated rings. The highest BCUT2D eigenvalue weighted by atomic mass is 32.1. The van der Waals surface area contributed by atoms with Crippen molar-refractivity contribution in [3.8, 4) is 0 Å². The number of aliphatic carboxylic acids is 1. The van der Waals surface area contributed by atoms with E-state index < -0.39 is 12.1 Å². The number of anilines is 1. The molecule has 6 nitrogen and oxygen atoms in total. The number of carbonyl (C=O) groups excluding carboxylic acids is 2. The zero-order chi connectivity index (χ0) is 17.0. The summed E-state index contributed by atoms with van der Waals surface area (Å²) >= 11 is 1.65. The van der Waals surface area contributed by atoms with Crippen molar-refractivity contribution >= 4 is 29.0 Å². The van der Waals surface area contributed by atoms with E-state index in [1.165, 1.54) is 5.56 Å². The Labute approximate surface area is 134 Å². The van der Waals surface area contributed by atoms with Gasteiger partial charge in [0.25, 0.3) is 0 Å². The molecule has 0 spiro atoms. The van der Waals surface area contributed by atoms with E-state index in [9.17, 15) is 18.0 Å². The largest absolute Gasteiger partial charge is 0.542 e. The Morgan fingerprint density at radius 1 is 1.30 bits per heavy atom. The molecule has 23 heavy (non-hydrogen) atoms. The number of carboxylic acid groups (broad SMARTS) is 1. The normalized spacial score (nSPS) is 18.6. The first-order valence-corrected chi connectivity index (χ1v) is 7.85. The van der Waals surface area contributed by atoms with Gasteiger partial charge in [0.2, 0.25) is 0 Å². The summed E-state index contributed by atoms with van der Waals surface area (Å²) in [5, 5.41) is 19.2. The van der Waals surface area contributed by atoms with Crippen LogP contribution in [0.4, 0.5) is 23.7 Å². The monoisotopic (exact) mass is 350 g/mol. The van der Waals surface area contributed by atoms with E-state index in [1.54, 1.807) is 11.3 Å². The van der Waals surface area contributed by atoms with Crippen LogP contribution in [0.15, 0.2) is 10.8 Å². The molecule has 2 N–H and O–H groups in total. The lowest BCUT2D eigenvalue weighted by Gasteiger charge is -2.37. The van der Waals surface area contributed by atoms with Gasteiger partial charge in [-0.25, -0.2) is 4.79 Å². The summed E-state index contributed by atoms with van der Waals surface area (Å²) in [6.45, 7) is 2.81. The van der Waals surface area contributed by atoms with Crippen LogP contribution in [0.5, 0.6) is 0 Å². The van der Waals surface area contributed by atoms with E-state index >= 15 is 0 Å². The van der Waals surface area contributed by atoms with E-state index in [0.29, 0.717) is 6.04 Å². The fourth-order valence-electron chi connectivity index (χ4n) is 2.41. The Bertz CT molecular complexity index is 570. The number of urea groups is 1. The number of hydrogen-bond donors (Lipinski definition) is 2. The van der Waals surface area contributed by atoms with Crippen molar-refractivity contribution in [3.63, 3.8) is 0 Å². The van der Waals surface area contributed by atoms with Gasteiger partial charge in [0.05, 0.1) is 12.2 Å². The minimum absolute atomic E-state index is 0.0674. The number of carbonyl (C=O) groups is 2. The Balaban J connectivity index is 0.000000236. The summed E-state index contributed by atoms with van der Waals surface area (Å²) in [4.78, 5) is 22.7. The number of carboxylic acids is 1. The molecule has 0 aliphatic carbocycles. The summed E-state index contributed by atoms with van der Waals surface area (Å²) in [6.07, 6.45) is -3.07. The molecule has 1 saturated heterocycles. The maximum Gasteiger partial charge on any atom is 0.430 e. The maximum absolute atomic E-state index is 12.0. The van der Waals surface area contributed by atoms with Crippen molar-refractivity contribution < 1.29 is 27.9 Å². The first kappa shape index (κ1) is 17.5. The highest BCUT2D eigenvalue weighted by molar-refractivity contribution is 7.08. The SMILES string of the molecule is O=C([O-])C(F)(F)F.O=C1Nc2cscc2CN1C1CCNCC1. The van der Waals surface area contributed by atoms with Crippen LogP contribution in [-0.2, 0) is 11.3 Å². The van der Waals surface area contributed by atoms with Crippen LogP contribution >= 0.6 is 11.3 Å². The molecule has 2 aliphatic rings. The second kappa shape index (κ2) is 7.18. The second-order valence-corrected chi connectivity index (χ2v) is 5.88. The summed E-state index contributed by atoms with van der Waals surface area (Å²) in [5.74, 6) is -3.01. The lowest BCUT2D eigenvalue weighted by molar-refractivity contribution is -0.344. The van der Waals surface area contributed by atoms with Gasteiger partial charge >= 0.3 is 12.2 Å². The van der Waals surface area contributed by atoms with Crippen molar-refractivity contribution in [2.24, 2.45) is 0 Å². The highest BCUT2D eigenvalue weighted by Gasteiger charge is 2.30. The number of halogens is 3. The van der Waals surface area contributed by atoms with Gasteiger partial charge in [-0.15, -0.1) is 11.3 Å². The second-order valence-electron chi connectivity index (χ2n) is 5.14. The molecule has 128 valence electrons. The van der Waals surface area contributed by atoms with Gasteiger partial charge in [-0.05, 0) is 31.3 Å². The van der Waals surface area contributed by atoms with E-state index in [1.807, 2.05) is 10.3 Å². The molecule has 0 unspecified atom stereocenters. The average molecular weight is 350 g/mol. The minimum Gasteiger partial charge on any atom is -0.542 e. The fourth-order valence-corrected chi connectivity index (χ4v) is 3.19. The zero-order valence-electron chi connectivity index (χ0n) is 12.0. The van der Waals surface area contributed by atoms with Crippen LogP contribution in [0, 0.1) is 0 Å². The Morgan fingerprint density at radius 2 is 1.91 bits per heavy atom. The van der Waals surface area contributed by atoms with Crippen LogP contribution in [0.1, 0.15) is 18.4 Å². The molecule has 0 atom stereocenters. The molecule has 0 radical (unpaired) electrons. The van der Waals surface area contributed by atoms with Crippen LogP contribution < -0.4 is 15.7 Å². The van der Waals surface area contributed by atoms with E-state index in [-0.39, 0.29) is 6.03 Å². The molecule has 2 amide bonds. The minimum atomic E-state index is -5.19. The molecule has 0 aromatic carbocycles. The summed E-state index contributed by atoms with van der Waals surface area (Å²) in [5.41, 5.74) is 2.25. The Morgan fingerprint density at radius 3 is 2.48 bits per heavy atom. The third-order valence-corrected chi connectivity index (χ3v) is 4.36. The van der Waals surface area contributed by atoms with Crippen LogP contribution in [0.2, 0.25) is 0 Å². The predicted molar refractivity (Wildman–Crippen MR) is 75.8 cm³/mol. The summed E-state index contributed by atoms with van der Waals surface area (Å²) in [6, 6.07) is 0.465. The topological polar surface area (TPSA) is 84.5 Å². The predicted octanol–water partition coefficient (Wildman–Crippen LogP) is 1.15. The number of alkyl halides is 3. The van der Waals surface area contributed by atoms with Gasteiger partial charge in [0.1, 0.15) is 5.97 Å². The summed E-state index contributed by atoms with van der Waals surface area (Å²) in [7, 11) is 0. The van der Waals surface area contributed by atoms with Gasteiger partial charge in [-0.2, -0.15) is 13.2 Å². The number of piperidine rings is 1. The molecular formula is C13H15F3N3O3S-. The van der Waals surface area contributed by atoms with Gasteiger partial charge in [0, 0.05) is 17.0 Å². The van der Waals surface area contributed by atoms with E-state index in [4.69, 9.17) is 9.90 Å². The van der Waals surface area contributed by atoms with E-state index in [0.717, 1.165) is 38.2 Å². The maximum atomic E-state index is 12.0. The smallest absolute Gasteiger partial charge is 0.430 e. The average Bonchev–Trinajstić information content (AvgIpc) is 2.94. The molecule has 1 aromatic rings. The van der Waals surface area contributed by atoms with Gasteiger partial charge < -0.3 is 25.4 Å². The first-order chi connectivity index (χ1) is 10.8. The van der Waals surface area contributed by atoms with Crippen LogP contribution in [0.25, 0.3) is 0 Å². The third kappa shape index (κ3) is 4.58. The molecule has 3 rings (SSSR count). The lowest BCUT2D eigenvalue weighted by Crippen LogP contribution is -2.49. The molecule has 1 aromatic heterocycles. The van der Waals surface area contributed by atoms with Crippen molar-refractivity contribution in [1.82, 2.24) is 10.2 Å². The molecule has 3 heterocycles. The Hall–Kier alpha value is -1.81. The molecule has 10 heteroatoms. The highest BCUT2D eigenvalue weighted by Crippen LogP contribution is 2.29. The van der Waals surface area contributed by atoms with Crippen molar-refractivity contribution in [2.75, 3.05) is 18.4 Å². The quantitative estimate of drug-likeness (QED) is 0.796. The van der Waals surface area contributed by atoms with Gasteiger partial charge in [-0.3, -0.25) is 0 Å². The number of thiophene rings is 1. The lowest BCUT2D eigenvalue weighted by atomic mass is 10.0. The van der Waals surface area contributed by atoms with Crippen LogP contribution in [-0.4, -0.2) is 42.2 Å². The fraction of sp³-hybridized carbons (Fsp3) is 0.538. The van der Waals surface area contributed by atoms with E-state index in [2.05, 4.69) is 16.0 Å². The zero-order valence-corrected chi connectivity index (χ0v) is 12.8. The Kier molecular flexibility index (Phi) is 5.47. The number of fused-ring (bicyclic) bond motifs is 1. The number of nitrogens with one attached hydrogen (secondary N) is 2. The number of amides is 2. The van der Waals surface area contributed by atoms with Crippen molar-refractivity contribution in [2.45, 2.75) is 31.6 Å². The van der Waals surface area contributed by atoms with Crippen LogP contribution in [0.3, 0.4) is 0 Å².